The molecule has 8 heteroatoms. The molecule has 1 aliphatic rings. The highest BCUT2D eigenvalue weighted by Crippen LogP contribution is 2.34. The number of halogens is 5. The van der Waals surface area contributed by atoms with Crippen LogP contribution in [0.5, 0.6) is 0 Å². The molecule has 1 heterocycles. The molecule has 1 saturated heterocycles. The molecule has 2 atom stereocenters. The van der Waals surface area contributed by atoms with E-state index < -0.39 is 42.2 Å². The molecule has 1 aromatic rings. The summed E-state index contributed by atoms with van der Waals surface area (Å²) < 4.78 is 63.5. The fraction of sp³-hybridized carbons (Fsp3) is 0.462. The molecule has 0 spiro atoms. The van der Waals surface area contributed by atoms with E-state index >= 15 is 0 Å². The third kappa shape index (κ3) is 3.69. The van der Waals surface area contributed by atoms with Gasteiger partial charge in [-0.25, -0.2) is 8.78 Å². The van der Waals surface area contributed by atoms with Gasteiger partial charge in [-0.3, -0.25) is 9.69 Å². The van der Waals surface area contributed by atoms with E-state index in [2.05, 4.69) is 0 Å². The second-order valence-corrected chi connectivity index (χ2v) is 5.07. The highest BCUT2D eigenvalue weighted by Gasteiger charge is 2.42. The smallest absolute Gasteiger partial charge is 0.368 e. The summed E-state index contributed by atoms with van der Waals surface area (Å²) in [6, 6.07) is 2.09. The van der Waals surface area contributed by atoms with Crippen LogP contribution >= 0.6 is 0 Å². The van der Waals surface area contributed by atoms with Crippen molar-refractivity contribution >= 4 is 5.91 Å². The van der Waals surface area contributed by atoms with Gasteiger partial charge in [-0.05, 0) is 30.0 Å². The Kier molecular flexibility index (Phi) is 4.18. The number of carbonyl (C=O) groups excluding carboxylic acids is 1. The Labute approximate surface area is 117 Å². The van der Waals surface area contributed by atoms with Gasteiger partial charge < -0.3 is 5.73 Å². The first-order valence-corrected chi connectivity index (χ1v) is 6.22. The van der Waals surface area contributed by atoms with Crippen molar-refractivity contribution in [1.29, 1.82) is 0 Å². The number of amides is 1. The summed E-state index contributed by atoms with van der Waals surface area (Å²) in [5.74, 6) is -3.46. The van der Waals surface area contributed by atoms with Crippen molar-refractivity contribution in [3.63, 3.8) is 0 Å². The highest BCUT2D eigenvalue weighted by atomic mass is 19.4. The van der Waals surface area contributed by atoms with E-state index in [1.165, 1.54) is 6.07 Å². The normalized spacial score (nSPS) is 23.5. The van der Waals surface area contributed by atoms with E-state index in [0.717, 1.165) is 17.0 Å². The average Bonchev–Trinajstić information content (AvgIpc) is 2.74. The van der Waals surface area contributed by atoms with E-state index in [1.54, 1.807) is 0 Å². The van der Waals surface area contributed by atoms with Crippen LogP contribution < -0.4 is 5.73 Å². The van der Waals surface area contributed by atoms with Crippen molar-refractivity contribution in [2.75, 3.05) is 13.1 Å². The van der Waals surface area contributed by atoms with Crippen molar-refractivity contribution in [3.05, 3.63) is 35.4 Å². The second-order valence-electron chi connectivity index (χ2n) is 5.07. The lowest BCUT2D eigenvalue weighted by atomic mass is 9.96. The van der Waals surface area contributed by atoms with Gasteiger partial charge in [0.2, 0.25) is 5.91 Å². The van der Waals surface area contributed by atoms with Crippen molar-refractivity contribution < 1.29 is 26.7 Å². The first-order valence-electron chi connectivity index (χ1n) is 6.22. The van der Waals surface area contributed by atoms with E-state index in [0.29, 0.717) is 5.56 Å². The van der Waals surface area contributed by atoms with Crippen LogP contribution in [0.4, 0.5) is 22.0 Å². The topological polar surface area (TPSA) is 46.3 Å². The number of hydrogen-bond acceptors (Lipinski definition) is 2. The third-order valence-corrected chi connectivity index (χ3v) is 3.53. The van der Waals surface area contributed by atoms with Gasteiger partial charge in [0.05, 0.1) is 12.6 Å². The second kappa shape index (κ2) is 5.59. The Morgan fingerprint density at radius 2 is 1.95 bits per heavy atom. The van der Waals surface area contributed by atoms with Gasteiger partial charge in [0.15, 0.2) is 11.6 Å². The Balaban J connectivity index is 2.20. The van der Waals surface area contributed by atoms with Gasteiger partial charge in [-0.2, -0.15) is 13.2 Å². The first kappa shape index (κ1) is 15.7. The number of nitrogens with two attached hydrogens (primary N) is 1. The number of hydrogen-bond donors (Lipinski definition) is 1. The fourth-order valence-electron chi connectivity index (χ4n) is 2.61. The molecular formula is C13H13F5N2O. The van der Waals surface area contributed by atoms with Gasteiger partial charge in [0.25, 0.3) is 0 Å². The molecule has 1 aliphatic heterocycles. The number of carbonyl (C=O) groups is 1. The third-order valence-electron chi connectivity index (χ3n) is 3.53. The minimum atomic E-state index is -4.46. The van der Waals surface area contributed by atoms with E-state index in [4.69, 9.17) is 5.73 Å². The molecule has 1 unspecified atom stereocenters. The first-order chi connectivity index (χ1) is 9.67. The lowest BCUT2D eigenvalue weighted by Gasteiger charge is -2.22. The number of rotatable bonds is 3. The SMILES string of the molecule is NC(=O)C1C[C@H](c2ccc(F)c(F)c2)CN1CC(F)(F)F. The molecule has 1 aromatic carbocycles. The summed E-state index contributed by atoms with van der Waals surface area (Å²) in [4.78, 5) is 12.2. The van der Waals surface area contributed by atoms with Crippen LogP contribution in [0, 0.1) is 11.6 Å². The maximum atomic E-state index is 13.2. The van der Waals surface area contributed by atoms with E-state index in [-0.39, 0.29) is 13.0 Å². The van der Waals surface area contributed by atoms with Crippen molar-refractivity contribution in [1.82, 2.24) is 4.90 Å². The summed E-state index contributed by atoms with van der Waals surface area (Å²) in [5, 5.41) is 0. The van der Waals surface area contributed by atoms with Gasteiger partial charge >= 0.3 is 6.18 Å². The van der Waals surface area contributed by atoms with Gasteiger partial charge in [0.1, 0.15) is 0 Å². The van der Waals surface area contributed by atoms with Gasteiger partial charge in [-0.15, -0.1) is 0 Å². The zero-order valence-corrected chi connectivity index (χ0v) is 10.8. The molecule has 0 bridgehead atoms. The van der Waals surface area contributed by atoms with Crippen LogP contribution in [0.1, 0.15) is 17.9 Å². The number of benzene rings is 1. The van der Waals surface area contributed by atoms with Crippen LogP contribution in [-0.2, 0) is 4.79 Å². The molecule has 2 N–H and O–H groups in total. The molecular weight excluding hydrogens is 295 g/mol. The predicted octanol–water partition coefficient (Wildman–Crippen LogP) is 2.17. The molecule has 1 fully saturated rings. The summed E-state index contributed by atoms with van der Waals surface area (Å²) >= 11 is 0. The fourth-order valence-corrected chi connectivity index (χ4v) is 2.61. The van der Waals surface area contributed by atoms with Crippen LogP contribution in [0.25, 0.3) is 0 Å². The number of primary amides is 1. The predicted molar refractivity (Wildman–Crippen MR) is 64.3 cm³/mol. The maximum absolute atomic E-state index is 13.2. The zero-order chi connectivity index (χ0) is 15.8. The quantitative estimate of drug-likeness (QED) is 0.870. The number of likely N-dealkylation sites (tertiary alicyclic amines) is 1. The molecule has 3 nitrogen and oxygen atoms in total. The van der Waals surface area contributed by atoms with E-state index in [1.807, 2.05) is 0 Å². The minimum Gasteiger partial charge on any atom is -0.368 e. The van der Waals surface area contributed by atoms with Crippen LogP contribution in [0.15, 0.2) is 18.2 Å². The average molecular weight is 308 g/mol. The monoisotopic (exact) mass is 308 g/mol. The van der Waals surface area contributed by atoms with Crippen molar-refractivity contribution in [3.8, 4) is 0 Å². The van der Waals surface area contributed by atoms with Crippen LogP contribution in [0.3, 0.4) is 0 Å². The zero-order valence-electron chi connectivity index (χ0n) is 10.8. The standard InChI is InChI=1S/C13H13F5N2O/c14-9-2-1-7(3-10(9)15)8-4-11(12(19)21)20(5-8)6-13(16,17)18/h1-3,8,11H,4-6H2,(H2,19,21)/t8-,11?/m0/s1. The van der Waals surface area contributed by atoms with Crippen molar-refractivity contribution in [2.24, 2.45) is 5.73 Å². The Morgan fingerprint density at radius 3 is 2.48 bits per heavy atom. The summed E-state index contributed by atoms with van der Waals surface area (Å²) in [6.45, 7) is -1.35. The molecule has 1 amide bonds. The van der Waals surface area contributed by atoms with Gasteiger partial charge in [0, 0.05) is 6.54 Å². The van der Waals surface area contributed by atoms with E-state index in [9.17, 15) is 26.7 Å². The van der Waals surface area contributed by atoms with Gasteiger partial charge in [-0.1, -0.05) is 6.07 Å². The lowest BCUT2D eigenvalue weighted by Crippen LogP contribution is -2.44. The largest absolute Gasteiger partial charge is 0.401 e. The maximum Gasteiger partial charge on any atom is 0.401 e. The Morgan fingerprint density at radius 1 is 1.29 bits per heavy atom. The highest BCUT2D eigenvalue weighted by molar-refractivity contribution is 5.80. The Hall–Kier alpha value is -1.70. The molecule has 21 heavy (non-hydrogen) atoms. The number of nitrogens with zero attached hydrogens (tertiary/aromatic N) is 1. The molecule has 0 radical (unpaired) electrons. The summed E-state index contributed by atoms with van der Waals surface area (Å²) in [6.07, 6.45) is -4.41. The lowest BCUT2D eigenvalue weighted by molar-refractivity contribution is -0.150. The minimum absolute atomic E-state index is 0.0521. The summed E-state index contributed by atoms with van der Waals surface area (Å²) in [7, 11) is 0. The molecule has 116 valence electrons. The van der Waals surface area contributed by atoms with Crippen LogP contribution in [-0.4, -0.2) is 36.1 Å². The van der Waals surface area contributed by atoms with Crippen LogP contribution in [0.2, 0.25) is 0 Å². The summed E-state index contributed by atoms with van der Waals surface area (Å²) in [5.41, 5.74) is 5.47. The molecule has 0 aromatic heterocycles. The Bertz CT molecular complexity index is 546. The molecule has 0 aliphatic carbocycles. The van der Waals surface area contributed by atoms with Crippen molar-refractivity contribution in [2.45, 2.75) is 24.6 Å². The number of alkyl halides is 3. The molecule has 0 saturated carbocycles. The molecule has 2 rings (SSSR count).